The van der Waals surface area contributed by atoms with Gasteiger partial charge in [0.1, 0.15) is 17.3 Å². The lowest BCUT2D eigenvalue weighted by molar-refractivity contribution is -0.130. The van der Waals surface area contributed by atoms with Crippen molar-refractivity contribution in [3.63, 3.8) is 0 Å². The van der Waals surface area contributed by atoms with Crippen molar-refractivity contribution in [3.8, 4) is 17.7 Å². The fraction of sp³-hybridized carbons (Fsp3) is 0.517. The van der Waals surface area contributed by atoms with Crippen LogP contribution in [0, 0.1) is 17.8 Å². The smallest absolute Gasteiger partial charge is 0.259 e. The standard InChI is InChI=1S/C29H36N4O5/c1-20-17-33(21(2)19-34)28(36)24-13-23(8-11-29(37)9-4-5-10-29)16-31-27(24)38-25(20)18-32(3)26(35)14-22-7-6-12-30-15-22/h6-7,12-13,15-16,20-21,25,34,37H,4-5,9-10,14,17-19H2,1-3H3/t20-,21+,25+/m0/s1. The Bertz CT molecular complexity index is 1200. The lowest BCUT2D eigenvalue weighted by Crippen LogP contribution is -2.50. The van der Waals surface area contributed by atoms with Crippen LogP contribution in [-0.2, 0) is 11.2 Å². The van der Waals surface area contributed by atoms with E-state index in [9.17, 15) is 19.8 Å². The predicted octanol–water partition coefficient (Wildman–Crippen LogP) is 2.05. The Morgan fingerprint density at radius 1 is 1.34 bits per heavy atom. The molecule has 2 N–H and O–H groups in total. The highest BCUT2D eigenvalue weighted by molar-refractivity contribution is 5.97. The fourth-order valence-corrected chi connectivity index (χ4v) is 4.85. The number of aliphatic hydroxyl groups excluding tert-OH is 1. The minimum Gasteiger partial charge on any atom is -0.472 e. The highest BCUT2D eigenvalue weighted by Crippen LogP contribution is 2.30. The molecule has 1 aliphatic heterocycles. The normalized spacial score (nSPS) is 21.3. The maximum atomic E-state index is 13.6. The number of amides is 2. The highest BCUT2D eigenvalue weighted by atomic mass is 16.5. The molecule has 0 aromatic carbocycles. The maximum Gasteiger partial charge on any atom is 0.259 e. The first-order valence-corrected chi connectivity index (χ1v) is 13.2. The number of carbonyl (C=O) groups is 2. The Morgan fingerprint density at radius 3 is 2.79 bits per heavy atom. The van der Waals surface area contributed by atoms with Crippen LogP contribution >= 0.6 is 0 Å². The van der Waals surface area contributed by atoms with Gasteiger partial charge in [-0.05, 0) is 50.3 Å². The second kappa shape index (κ2) is 11.9. The summed E-state index contributed by atoms with van der Waals surface area (Å²) in [5, 5.41) is 20.5. The van der Waals surface area contributed by atoms with Gasteiger partial charge in [0.2, 0.25) is 11.8 Å². The van der Waals surface area contributed by atoms with Crippen LogP contribution in [-0.4, -0.2) is 86.3 Å². The van der Waals surface area contributed by atoms with E-state index in [4.69, 9.17) is 4.74 Å². The number of rotatable bonds is 6. The summed E-state index contributed by atoms with van der Waals surface area (Å²) in [6.45, 7) is 4.19. The van der Waals surface area contributed by atoms with E-state index < -0.39 is 17.7 Å². The van der Waals surface area contributed by atoms with Gasteiger partial charge in [-0.1, -0.05) is 24.8 Å². The van der Waals surface area contributed by atoms with Crippen LogP contribution in [0.3, 0.4) is 0 Å². The molecular weight excluding hydrogens is 484 g/mol. The molecular formula is C29H36N4O5. The SMILES string of the molecule is C[C@H](CO)N1C[C@H](C)[C@@H](CN(C)C(=O)Cc2cccnc2)Oc2ncc(C#CC3(O)CCCC3)cc2C1=O. The third kappa shape index (κ3) is 6.50. The summed E-state index contributed by atoms with van der Waals surface area (Å²) in [6, 6.07) is 4.87. The number of hydrogen-bond donors (Lipinski definition) is 2. The van der Waals surface area contributed by atoms with Crippen molar-refractivity contribution in [2.75, 3.05) is 26.7 Å². The Morgan fingerprint density at radius 2 is 2.11 bits per heavy atom. The maximum absolute atomic E-state index is 13.6. The molecule has 4 rings (SSSR count). The second-order valence-electron chi connectivity index (χ2n) is 10.5. The van der Waals surface area contributed by atoms with Gasteiger partial charge < -0.3 is 24.7 Å². The number of ether oxygens (including phenoxy) is 1. The van der Waals surface area contributed by atoms with Crippen LogP contribution in [0.1, 0.15) is 61.0 Å². The molecule has 202 valence electrons. The van der Waals surface area contributed by atoms with Crippen LogP contribution < -0.4 is 4.74 Å². The molecule has 9 nitrogen and oxygen atoms in total. The van der Waals surface area contributed by atoms with Gasteiger partial charge in [0.05, 0.1) is 25.6 Å². The van der Waals surface area contributed by atoms with E-state index in [1.54, 1.807) is 48.3 Å². The largest absolute Gasteiger partial charge is 0.472 e. The number of fused-ring (bicyclic) bond motifs is 1. The predicted molar refractivity (Wildman–Crippen MR) is 141 cm³/mol. The highest BCUT2D eigenvalue weighted by Gasteiger charge is 2.35. The van der Waals surface area contributed by atoms with Gasteiger partial charge in [-0.3, -0.25) is 14.6 Å². The van der Waals surface area contributed by atoms with E-state index in [1.807, 2.05) is 13.0 Å². The van der Waals surface area contributed by atoms with E-state index in [0.29, 0.717) is 31.5 Å². The number of pyridine rings is 2. The molecule has 1 fully saturated rings. The molecule has 2 aromatic heterocycles. The van der Waals surface area contributed by atoms with Gasteiger partial charge in [-0.25, -0.2) is 4.98 Å². The zero-order valence-corrected chi connectivity index (χ0v) is 22.3. The average Bonchev–Trinajstić information content (AvgIpc) is 3.36. The molecule has 38 heavy (non-hydrogen) atoms. The zero-order valence-electron chi connectivity index (χ0n) is 22.3. The number of hydrogen-bond acceptors (Lipinski definition) is 7. The van der Waals surface area contributed by atoms with Crippen LogP contribution in [0.4, 0.5) is 0 Å². The number of aliphatic hydroxyl groups is 2. The minimum absolute atomic E-state index is 0.0730. The van der Waals surface area contributed by atoms with Gasteiger partial charge >= 0.3 is 0 Å². The average molecular weight is 521 g/mol. The number of likely N-dealkylation sites (N-methyl/N-ethyl adjacent to an activating group) is 1. The summed E-state index contributed by atoms with van der Waals surface area (Å²) in [4.78, 5) is 38.2. The molecule has 3 heterocycles. The third-order valence-corrected chi connectivity index (χ3v) is 7.35. The van der Waals surface area contributed by atoms with Crippen LogP contribution in [0.15, 0.2) is 36.8 Å². The van der Waals surface area contributed by atoms with Crippen molar-refractivity contribution in [2.45, 2.75) is 63.7 Å². The zero-order chi connectivity index (χ0) is 27.3. The van der Waals surface area contributed by atoms with Crippen LogP contribution in [0.25, 0.3) is 0 Å². The van der Waals surface area contributed by atoms with Crippen molar-refractivity contribution in [2.24, 2.45) is 5.92 Å². The Hall–Kier alpha value is -3.48. The first-order chi connectivity index (χ1) is 18.2. The van der Waals surface area contributed by atoms with Crippen LogP contribution in [0.2, 0.25) is 0 Å². The van der Waals surface area contributed by atoms with Gasteiger partial charge in [-0.15, -0.1) is 0 Å². The fourth-order valence-electron chi connectivity index (χ4n) is 4.85. The van der Waals surface area contributed by atoms with Crippen molar-refractivity contribution >= 4 is 11.8 Å². The van der Waals surface area contributed by atoms with Gasteiger partial charge in [0.15, 0.2) is 0 Å². The van der Waals surface area contributed by atoms with Crippen LogP contribution in [0.5, 0.6) is 5.88 Å². The number of nitrogens with zero attached hydrogens (tertiary/aromatic N) is 4. The summed E-state index contributed by atoms with van der Waals surface area (Å²) >= 11 is 0. The molecule has 0 bridgehead atoms. The summed E-state index contributed by atoms with van der Waals surface area (Å²) < 4.78 is 6.28. The van der Waals surface area contributed by atoms with E-state index in [1.165, 1.54) is 6.20 Å². The van der Waals surface area contributed by atoms with Crippen molar-refractivity contribution in [1.82, 2.24) is 19.8 Å². The molecule has 0 radical (unpaired) electrons. The summed E-state index contributed by atoms with van der Waals surface area (Å²) in [7, 11) is 1.73. The Balaban J connectivity index is 1.60. The molecule has 1 aliphatic carbocycles. The second-order valence-corrected chi connectivity index (χ2v) is 10.5. The lowest BCUT2D eigenvalue weighted by atomic mass is 9.99. The number of aromatic nitrogens is 2. The molecule has 0 spiro atoms. The molecule has 2 aromatic rings. The molecule has 0 saturated heterocycles. The van der Waals surface area contributed by atoms with Crippen molar-refractivity contribution < 1.29 is 24.5 Å². The molecule has 2 aliphatic rings. The molecule has 3 atom stereocenters. The molecule has 2 amide bonds. The Kier molecular flexibility index (Phi) is 8.65. The van der Waals surface area contributed by atoms with E-state index >= 15 is 0 Å². The van der Waals surface area contributed by atoms with Gasteiger partial charge in [0.25, 0.3) is 5.91 Å². The quantitative estimate of drug-likeness (QED) is 0.560. The van der Waals surface area contributed by atoms with E-state index in [2.05, 4.69) is 21.8 Å². The van der Waals surface area contributed by atoms with Crippen molar-refractivity contribution in [1.29, 1.82) is 0 Å². The minimum atomic E-state index is -1.00. The molecule has 1 saturated carbocycles. The topological polar surface area (TPSA) is 116 Å². The van der Waals surface area contributed by atoms with Gasteiger partial charge in [-0.2, -0.15) is 0 Å². The summed E-state index contributed by atoms with van der Waals surface area (Å²) in [6.07, 6.45) is 7.80. The Labute approximate surface area is 223 Å². The third-order valence-electron chi connectivity index (χ3n) is 7.35. The number of carbonyl (C=O) groups excluding carboxylic acids is 2. The monoisotopic (exact) mass is 520 g/mol. The molecule has 9 heteroatoms. The van der Waals surface area contributed by atoms with Gasteiger partial charge in [0, 0.05) is 43.7 Å². The van der Waals surface area contributed by atoms with E-state index in [0.717, 1.165) is 18.4 Å². The lowest BCUT2D eigenvalue weighted by Gasteiger charge is -2.37. The van der Waals surface area contributed by atoms with Crippen molar-refractivity contribution in [3.05, 3.63) is 53.5 Å². The van der Waals surface area contributed by atoms with E-state index in [-0.39, 0.29) is 42.2 Å². The first-order valence-electron chi connectivity index (χ1n) is 13.2. The summed E-state index contributed by atoms with van der Waals surface area (Å²) in [5.74, 6) is 5.59. The molecule has 0 unspecified atom stereocenters. The first kappa shape index (κ1) is 27.6. The summed E-state index contributed by atoms with van der Waals surface area (Å²) in [5.41, 5.74) is 0.575.